The standard InChI is InChI=1S/C26H27N3O8S/c1-4-36-25(31)23-16(3)24(26(32)37-5-2)38-22(23)14-21(30)18(15-27)12-17-13-19(29(33)34)6-7-20(17)28-8-10-35-11-9-28/h6-7,12-13H,4-5,8-11,14H2,1-3H3. The molecule has 0 N–H and O–H groups in total. The van der Waals surface area contributed by atoms with Gasteiger partial charge in [0, 0.05) is 47.8 Å². The summed E-state index contributed by atoms with van der Waals surface area (Å²) in [6, 6.07) is 6.15. The average molecular weight is 542 g/mol. The molecule has 11 nitrogen and oxygen atoms in total. The molecule has 0 saturated carbocycles. The fourth-order valence-corrected chi connectivity index (χ4v) is 5.18. The third-order valence-corrected chi connectivity index (χ3v) is 7.05. The van der Waals surface area contributed by atoms with E-state index in [4.69, 9.17) is 14.2 Å². The summed E-state index contributed by atoms with van der Waals surface area (Å²) in [7, 11) is 0. The number of hydrogen-bond donors (Lipinski definition) is 0. The zero-order chi connectivity index (χ0) is 27.8. The van der Waals surface area contributed by atoms with Gasteiger partial charge in [0.2, 0.25) is 0 Å². The maximum absolute atomic E-state index is 13.3. The summed E-state index contributed by atoms with van der Waals surface area (Å²) >= 11 is 0.939. The lowest BCUT2D eigenvalue weighted by Gasteiger charge is -2.30. The van der Waals surface area contributed by atoms with Crippen LogP contribution in [0.5, 0.6) is 0 Å². The van der Waals surface area contributed by atoms with Crippen molar-refractivity contribution >= 4 is 46.5 Å². The molecule has 0 amide bonds. The number of nitro benzene ring substituents is 1. The van der Waals surface area contributed by atoms with Gasteiger partial charge in [-0.1, -0.05) is 0 Å². The van der Waals surface area contributed by atoms with Crippen LogP contribution < -0.4 is 4.90 Å². The van der Waals surface area contributed by atoms with Crippen LogP contribution in [0.1, 0.15) is 49.9 Å². The summed E-state index contributed by atoms with van der Waals surface area (Å²) in [6.45, 7) is 7.13. The number of nitro groups is 1. The first kappa shape index (κ1) is 28.5. The van der Waals surface area contributed by atoms with E-state index in [2.05, 4.69) is 0 Å². The van der Waals surface area contributed by atoms with Gasteiger partial charge in [-0.25, -0.2) is 9.59 Å². The molecule has 1 fully saturated rings. The van der Waals surface area contributed by atoms with Crippen molar-refractivity contribution < 1.29 is 33.5 Å². The van der Waals surface area contributed by atoms with Crippen LogP contribution in [0.3, 0.4) is 0 Å². The van der Waals surface area contributed by atoms with Crippen molar-refractivity contribution in [3.63, 3.8) is 0 Å². The monoisotopic (exact) mass is 541 g/mol. The van der Waals surface area contributed by atoms with Crippen LogP contribution in [0, 0.1) is 28.4 Å². The van der Waals surface area contributed by atoms with Crippen molar-refractivity contribution in [1.29, 1.82) is 5.26 Å². The number of non-ortho nitro benzene ring substituents is 1. The maximum Gasteiger partial charge on any atom is 0.348 e. The first-order valence-electron chi connectivity index (χ1n) is 11.9. The number of thiophene rings is 1. The van der Waals surface area contributed by atoms with Crippen molar-refractivity contribution in [2.24, 2.45) is 0 Å². The molecular formula is C26H27N3O8S. The summed E-state index contributed by atoms with van der Waals surface area (Å²) < 4.78 is 15.6. The third-order valence-electron chi connectivity index (χ3n) is 5.78. The number of esters is 2. The zero-order valence-corrected chi connectivity index (χ0v) is 22.1. The van der Waals surface area contributed by atoms with E-state index < -0.39 is 22.6 Å². The minimum absolute atomic E-state index is 0.0925. The molecule has 1 aromatic heterocycles. The third kappa shape index (κ3) is 6.42. The van der Waals surface area contributed by atoms with E-state index in [9.17, 15) is 29.8 Å². The van der Waals surface area contributed by atoms with Crippen molar-refractivity contribution in [3.05, 3.63) is 60.3 Å². The Morgan fingerprint density at radius 1 is 1.18 bits per heavy atom. The molecule has 1 aliphatic rings. The molecule has 2 aromatic rings. The number of carbonyl (C=O) groups excluding carboxylic acids is 3. The molecule has 0 bridgehead atoms. The zero-order valence-electron chi connectivity index (χ0n) is 21.3. The van der Waals surface area contributed by atoms with Crippen molar-refractivity contribution in [3.8, 4) is 6.07 Å². The van der Waals surface area contributed by atoms with Crippen LogP contribution in [0.25, 0.3) is 6.08 Å². The Bertz CT molecular complexity index is 1320. The predicted molar refractivity (Wildman–Crippen MR) is 139 cm³/mol. The number of ether oxygens (including phenoxy) is 3. The lowest BCUT2D eigenvalue weighted by atomic mass is 10.0. The molecule has 12 heteroatoms. The minimum Gasteiger partial charge on any atom is -0.462 e. The van der Waals surface area contributed by atoms with E-state index >= 15 is 0 Å². The second-order valence-electron chi connectivity index (χ2n) is 8.16. The van der Waals surface area contributed by atoms with Crippen LogP contribution >= 0.6 is 11.3 Å². The van der Waals surface area contributed by atoms with Crippen LogP contribution in [0.2, 0.25) is 0 Å². The molecular weight excluding hydrogens is 514 g/mol. The average Bonchev–Trinajstić information content (AvgIpc) is 3.23. The van der Waals surface area contributed by atoms with Gasteiger partial charge in [0.25, 0.3) is 5.69 Å². The maximum atomic E-state index is 13.3. The highest BCUT2D eigenvalue weighted by Gasteiger charge is 2.28. The van der Waals surface area contributed by atoms with Crippen LogP contribution in [0.4, 0.5) is 11.4 Å². The van der Waals surface area contributed by atoms with Gasteiger partial charge in [-0.3, -0.25) is 14.9 Å². The minimum atomic E-state index is -0.685. The number of allylic oxidation sites excluding steroid dienone is 1. The van der Waals surface area contributed by atoms with Crippen LogP contribution in [0.15, 0.2) is 23.8 Å². The topological polar surface area (TPSA) is 149 Å². The fourth-order valence-electron chi connectivity index (χ4n) is 3.99. The quantitative estimate of drug-likeness (QED) is 0.143. The molecule has 0 atom stereocenters. The largest absolute Gasteiger partial charge is 0.462 e. The number of rotatable bonds is 10. The normalized spacial score (nSPS) is 13.5. The van der Waals surface area contributed by atoms with Crippen molar-refractivity contribution in [2.75, 3.05) is 44.4 Å². The number of nitriles is 1. The number of hydrogen-bond acceptors (Lipinski definition) is 11. The van der Waals surface area contributed by atoms with E-state index in [-0.39, 0.29) is 46.2 Å². The number of morpholine rings is 1. The van der Waals surface area contributed by atoms with Gasteiger partial charge in [0.05, 0.1) is 42.5 Å². The summed E-state index contributed by atoms with van der Waals surface area (Å²) in [5, 5.41) is 21.2. The predicted octanol–water partition coefficient (Wildman–Crippen LogP) is 3.87. The number of ketones is 1. The molecule has 0 unspecified atom stereocenters. The lowest BCUT2D eigenvalue weighted by molar-refractivity contribution is -0.384. The fraction of sp³-hybridized carbons (Fsp3) is 0.385. The summed E-state index contributed by atoms with van der Waals surface area (Å²) in [5.74, 6) is -1.92. The molecule has 200 valence electrons. The molecule has 2 heterocycles. The molecule has 1 saturated heterocycles. The summed E-state index contributed by atoms with van der Waals surface area (Å²) in [4.78, 5) is 51.6. The molecule has 1 aromatic carbocycles. The molecule has 38 heavy (non-hydrogen) atoms. The first-order valence-corrected chi connectivity index (χ1v) is 12.8. The number of nitrogens with zero attached hydrogens (tertiary/aromatic N) is 3. The van der Waals surface area contributed by atoms with E-state index in [0.29, 0.717) is 43.1 Å². The van der Waals surface area contributed by atoms with E-state index in [1.807, 2.05) is 11.0 Å². The number of anilines is 1. The second kappa shape index (κ2) is 12.9. The number of benzene rings is 1. The van der Waals surface area contributed by atoms with E-state index in [1.165, 1.54) is 18.2 Å². The van der Waals surface area contributed by atoms with Crippen molar-refractivity contribution in [2.45, 2.75) is 27.2 Å². The Morgan fingerprint density at radius 3 is 2.45 bits per heavy atom. The van der Waals surface area contributed by atoms with Crippen LogP contribution in [-0.2, 0) is 25.4 Å². The van der Waals surface area contributed by atoms with Gasteiger partial charge in [0.1, 0.15) is 10.9 Å². The van der Waals surface area contributed by atoms with E-state index in [1.54, 1.807) is 26.8 Å². The molecule has 0 spiro atoms. The number of Topliss-reactive ketones (excluding diaryl/α,β-unsaturated/α-hetero) is 1. The SMILES string of the molecule is CCOC(=O)c1sc(CC(=O)C(C#N)=Cc2cc([N+](=O)[O-])ccc2N2CCOCC2)c(C(=O)OCC)c1C. The van der Waals surface area contributed by atoms with Gasteiger partial charge in [-0.15, -0.1) is 11.3 Å². The highest BCUT2D eigenvalue weighted by molar-refractivity contribution is 7.14. The highest BCUT2D eigenvalue weighted by Crippen LogP contribution is 2.32. The first-order chi connectivity index (χ1) is 18.2. The Balaban J connectivity index is 2.02. The van der Waals surface area contributed by atoms with Crippen LogP contribution in [-0.4, -0.2) is 62.2 Å². The Labute approximate surface area is 223 Å². The summed E-state index contributed by atoms with van der Waals surface area (Å²) in [5.41, 5.74) is 0.962. The molecule has 1 aliphatic heterocycles. The lowest BCUT2D eigenvalue weighted by Crippen LogP contribution is -2.36. The highest BCUT2D eigenvalue weighted by atomic mass is 32.1. The van der Waals surface area contributed by atoms with E-state index in [0.717, 1.165) is 11.3 Å². The van der Waals surface area contributed by atoms with Gasteiger partial charge in [-0.2, -0.15) is 5.26 Å². The van der Waals surface area contributed by atoms with Gasteiger partial charge >= 0.3 is 11.9 Å². The van der Waals surface area contributed by atoms with Gasteiger partial charge in [0.15, 0.2) is 5.78 Å². The molecule has 0 aliphatic carbocycles. The summed E-state index contributed by atoms with van der Waals surface area (Å²) in [6.07, 6.45) is 0.969. The number of carbonyl (C=O) groups is 3. The Hall–Kier alpha value is -4.08. The van der Waals surface area contributed by atoms with Gasteiger partial charge in [-0.05, 0) is 38.5 Å². The molecule has 3 rings (SSSR count). The molecule has 0 radical (unpaired) electrons. The smallest absolute Gasteiger partial charge is 0.348 e. The Morgan fingerprint density at radius 2 is 1.84 bits per heavy atom. The second-order valence-corrected chi connectivity index (χ2v) is 9.27. The van der Waals surface area contributed by atoms with Gasteiger partial charge < -0.3 is 19.1 Å². The Kier molecular flexibility index (Phi) is 9.70. The van der Waals surface area contributed by atoms with Crippen molar-refractivity contribution in [1.82, 2.24) is 0 Å².